The summed E-state index contributed by atoms with van der Waals surface area (Å²) in [5.41, 5.74) is 6.37. The normalized spacial score (nSPS) is 15.9. The molecule has 0 unspecified atom stereocenters. The van der Waals surface area contributed by atoms with Gasteiger partial charge in [0.1, 0.15) is 5.82 Å². The smallest absolute Gasteiger partial charge is 0.191 e. The summed E-state index contributed by atoms with van der Waals surface area (Å²) in [5.74, 6) is 0.184. The van der Waals surface area contributed by atoms with Crippen LogP contribution in [0.5, 0.6) is 0 Å². The first kappa shape index (κ1) is 17.5. The standard InChI is InChI=1S/C13H17ClFN3O.HI/c14-11-2-1-3-12(15)10(11)4-5-17-13(16)18-6-8-19-9-7-18;/h1-3H,4-9H2,(H2,16,17);1H. The Morgan fingerprint density at radius 2 is 2.10 bits per heavy atom. The maximum atomic E-state index is 13.5. The minimum Gasteiger partial charge on any atom is -0.378 e. The van der Waals surface area contributed by atoms with Gasteiger partial charge < -0.3 is 15.4 Å². The molecule has 0 bridgehead atoms. The maximum Gasteiger partial charge on any atom is 0.191 e. The lowest BCUT2D eigenvalue weighted by atomic mass is 10.1. The Hall–Kier alpha value is -0.600. The lowest BCUT2D eigenvalue weighted by Gasteiger charge is -2.27. The van der Waals surface area contributed by atoms with Crippen molar-refractivity contribution in [2.75, 3.05) is 32.8 Å². The van der Waals surface area contributed by atoms with Crippen LogP contribution >= 0.6 is 35.6 Å². The Labute approximate surface area is 140 Å². The molecule has 0 aliphatic carbocycles. The topological polar surface area (TPSA) is 50.8 Å². The van der Waals surface area contributed by atoms with Crippen molar-refractivity contribution in [3.8, 4) is 0 Å². The fourth-order valence-electron chi connectivity index (χ4n) is 1.95. The van der Waals surface area contributed by atoms with Gasteiger partial charge in [0.25, 0.3) is 0 Å². The Morgan fingerprint density at radius 3 is 2.75 bits per heavy atom. The van der Waals surface area contributed by atoms with Crippen LogP contribution in [0.2, 0.25) is 5.02 Å². The Morgan fingerprint density at radius 1 is 1.40 bits per heavy atom. The van der Waals surface area contributed by atoms with Crippen LogP contribution in [-0.4, -0.2) is 43.7 Å². The maximum absolute atomic E-state index is 13.5. The lowest BCUT2D eigenvalue weighted by molar-refractivity contribution is 0.0674. The highest BCUT2D eigenvalue weighted by Crippen LogP contribution is 2.19. The predicted octanol–water partition coefficient (Wildman–Crippen LogP) is 2.29. The Bertz CT molecular complexity index is 447. The molecule has 0 atom stereocenters. The third-order valence-electron chi connectivity index (χ3n) is 3.03. The minimum absolute atomic E-state index is 0. The summed E-state index contributed by atoms with van der Waals surface area (Å²) in [7, 11) is 0. The van der Waals surface area contributed by atoms with Gasteiger partial charge in [-0.05, 0) is 18.6 Å². The van der Waals surface area contributed by atoms with Crippen LogP contribution in [-0.2, 0) is 11.2 Å². The largest absolute Gasteiger partial charge is 0.378 e. The number of guanidine groups is 1. The second-order valence-corrected chi connectivity index (χ2v) is 4.70. The average Bonchev–Trinajstić information content (AvgIpc) is 2.43. The average molecular weight is 414 g/mol. The first-order valence-corrected chi connectivity index (χ1v) is 6.62. The van der Waals surface area contributed by atoms with Crippen molar-refractivity contribution in [1.29, 1.82) is 0 Å². The van der Waals surface area contributed by atoms with Crippen LogP contribution in [0.25, 0.3) is 0 Å². The molecular formula is C13H18ClFIN3O. The van der Waals surface area contributed by atoms with E-state index < -0.39 is 0 Å². The van der Waals surface area contributed by atoms with Crippen LogP contribution in [0, 0.1) is 5.82 Å². The molecule has 20 heavy (non-hydrogen) atoms. The van der Waals surface area contributed by atoms with Crippen molar-refractivity contribution in [1.82, 2.24) is 4.90 Å². The Kier molecular flexibility index (Phi) is 7.53. The van der Waals surface area contributed by atoms with Crippen molar-refractivity contribution in [3.63, 3.8) is 0 Å². The molecule has 1 aliphatic heterocycles. The quantitative estimate of drug-likeness (QED) is 0.470. The van der Waals surface area contributed by atoms with Crippen molar-refractivity contribution < 1.29 is 9.13 Å². The zero-order valence-corrected chi connectivity index (χ0v) is 14.1. The highest BCUT2D eigenvalue weighted by molar-refractivity contribution is 14.0. The van der Waals surface area contributed by atoms with Gasteiger partial charge in [-0.2, -0.15) is 0 Å². The molecule has 1 heterocycles. The van der Waals surface area contributed by atoms with E-state index in [0.717, 1.165) is 13.1 Å². The molecule has 0 radical (unpaired) electrons. The molecule has 0 aromatic heterocycles. The number of rotatable bonds is 3. The van der Waals surface area contributed by atoms with Gasteiger partial charge in [-0.25, -0.2) is 4.39 Å². The number of hydrogen-bond acceptors (Lipinski definition) is 2. The minimum atomic E-state index is -0.298. The molecule has 1 aromatic carbocycles. The predicted molar refractivity (Wildman–Crippen MR) is 89.4 cm³/mol. The molecule has 7 heteroatoms. The molecule has 0 spiro atoms. The van der Waals surface area contributed by atoms with Gasteiger partial charge >= 0.3 is 0 Å². The molecule has 2 rings (SSSR count). The van der Waals surface area contributed by atoms with Gasteiger partial charge in [-0.3, -0.25) is 4.99 Å². The van der Waals surface area contributed by atoms with Crippen LogP contribution in [0.15, 0.2) is 23.2 Å². The fraction of sp³-hybridized carbons (Fsp3) is 0.462. The highest BCUT2D eigenvalue weighted by Gasteiger charge is 2.12. The second-order valence-electron chi connectivity index (χ2n) is 4.29. The van der Waals surface area contributed by atoms with Gasteiger partial charge in [0.2, 0.25) is 0 Å². The number of aliphatic imine (C=N–C) groups is 1. The summed E-state index contributed by atoms with van der Waals surface area (Å²) in [6.45, 7) is 3.24. The fourth-order valence-corrected chi connectivity index (χ4v) is 2.20. The molecule has 112 valence electrons. The van der Waals surface area contributed by atoms with E-state index in [1.54, 1.807) is 12.1 Å². The van der Waals surface area contributed by atoms with E-state index >= 15 is 0 Å². The second kappa shape index (κ2) is 8.63. The third-order valence-corrected chi connectivity index (χ3v) is 3.39. The summed E-state index contributed by atoms with van der Waals surface area (Å²) in [5, 5.41) is 0.431. The van der Waals surface area contributed by atoms with E-state index in [0.29, 0.717) is 42.7 Å². The molecule has 0 amide bonds. The van der Waals surface area contributed by atoms with E-state index in [-0.39, 0.29) is 29.8 Å². The van der Waals surface area contributed by atoms with Crippen LogP contribution < -0.4 is 5.73 Å². The van der Waals surface area contributed by atoms with Crippen LogP contribution in [0.4, 0.5) is 4.39 Å². The van der Waals surface area contributed by atoms with E-state index in [1.807, 2.05) is 4.90 Å². The number of ether oxygens (including phenoxy) is 1. The van der Waals surface area contributed by atoms with Crippen LogP contribution in [0.3, 0.4) is 0 Å². The van der Waals surface area contributed by atoms with Gasteiger partial charge in [-0.15, -0.1) is 24.0 Å². The molecule has 4 nitrogen and oxygen atoms in total. The molecule has 1 aliphatic rings. The zero-order chi connectivity index (χ0) is 13.7. The molecule has 0 saturated carbocycles. The monoisotopic (exact) mass is 413 g/mol. The van der Waals surface area contributed by atoms with Gasteiger partial charge in [-0.1, -0.05) is 17.7 Å². The van der Waals surface area contributed by atoms with Crippen molar-refractivity contribution in [2.24, 2.45) is 10.7 Å². The van der Waals surface area contributed by atoms with E-state index in [1.165, 1.54) is 6.07 Å². The van der Waals surface area contributed by atoms with E-state index in [4.69, 9.17) is 22.1 Å². The number of halogens is 3. The van der Waals surface area contributed by atoms with Gasteiger partial charge in [0.15, 0.2) is 5.96 Å². The molecular weight excluding hydrogens is 396 g/mol. The van der Waals surface area contributed by atoms with Crippen LogP contribution in [0.1, 0.15) is 5.56 Å². The van der Waals surface area contributed by atoms with E-state index in [2.05, 4.69) is 4.99 Å². The summed E-state index contributed by atoms with van der Waals surface area (Å²) in [4.78, 5) is 6.23. The number of benzene rings is 1. The van der Waals surface area contributed by atoms with Crippen molar-refractivity contribution in [2.45, 2.75) is 6.42 Å². The summed E-state index contributed by atoms with van der Waals surface area (Å²) < 4.78 is 18.8. The lowest BCUT2D eigenvalue weighted by Crippen LogP contribution is -2.44. The zero-order valence-electron chi connectivity index (χ0n) is 11.0. The number of nitrogens with zero attached hydrogens (tertiary/aromatic N) is 2. The first-order chi connectivity index (χ1) is 9.18. The molecule has 1 fully saturated rings. The SMILES string of the molecule is I.NC(=NCCc1c(F)cccc1Cl)N1CCOCC1. The number of nitrogens with two attached hydrogens (primary N) is 1. The number of hydrogen-bond donors (Lipinski definition) is 1. The summed E-state index contributed by atoms with van der Waals surface area (Å²) in [6.07, 6.45) is 0.441. The van der Waals surface area contributed by atoms with E-state index in [9.17, 15) is 4.39 Å². The summed E-state index contributed by atoms with van der Waals surface area (Å²) in [6, 6.07) is 4.66. The number of morpholine rings is 1. The molecule has 1 saturated heterocycles. The van der Waals surface area contributed by atoms with Crippen molar-refractivity contribution >= 4 is 41.5 Å². The van der Waals surface area contributed by atoms with Crippen molar-refractivity contribution in [3.05, 3.63) is 34.6 Å². The Balaban J connectivity index is 0.00000200. The highest BCUT2D eigenvalue weighted by atomic mass is 127. The summed E-state index contributed by atoms with van der Waals surface area (Å²) >= 11 is 5.95. The molecule has 1 aromatic rings. The first-order valence-electron chi connectivity index (χ1n) is 6.24. The third kappa shape index (κ3) is 4.75. The van der Waals surface area contributed by atoms with Gasteiger partial charge in [0.05, 0.1) is 13.2 Å². The van der Waals surface area contributed by atoms with Gasteiger partial charge in [0, 0.05) is 30.2 Å². The molecule has 2 N–H and O–H groups in total.